The highest BCUT2D eigenvalue weighted by Gasteiger charge is 2.32. The predicted molar refractivity (Wildman–Crippen MR) is 99.9 cm³/mol. The lowest BCUT2D eigenvalue weighted by Gasteiger charge is -2.29. The van der Waals surface area contributed by atoms with E-state index in [1.165, 1.54) is 10.4 Å². The van der Waals surface area contributed by atoms with Crippen LogP contribution in [-0.2, 0) is 19.4 Å². The van der Waals surface area contributed by atoms with Gasteiger partial charge in [-0.05, 0) is 55.5 Å². The molecule has 24 heavy (non-hydrogen) atoms. The number of rotatable bonds is 4. The average molecular weight is 343 g/mol. The zero-order valence-corrected chi connectivity index (χ0v) is 15.7. The molecule has 0 unspecified atom stereocenters. The van der Waals surface area contributed by atoms with E-state index in [1.807, 2.05) is 14.1 Å². The number of aromatic carboxylic acids is 1. The van der Waals surface area contributed by atoms with Crippen LogP contribution in [0.4, 0.5) is 0 Å². The Labute approximate surface area is 147 Å². The van der Waals surface area contributed by atoms with Crippen LogP contribution in [0.5, 0.6) is 0 Å². The molecule has 0 radical (unpaired) electrons. The lowest BCUT2D eigenvalue weighted by Crippen LogP contribution is -2.22. The molecule has 2 aromatic rings. The zero-order valence-electron chi connectivity index (χ0n) is 14.8. The van der Waals surface area contributed by atoms with Gasteiger partial charge in [-0.1, -0.05) is 38.1 Å². The van der Waals surface area contributed by atoms with Crippen molar-refractivity contribution in [3.8, 4) is 10.4 Å². The minimum atomic E-state index is -0.794. The first kappa shape index (κ1) is 17.2. The molecule has 1 aliphatic rings. The molecule has 0 spiro atoms. The Balaban J connectivity index is 2.02. The summed E-state index contributed by atoms with van der Waals surface area (Å²) in [5.74, 6) is -0.794. The van der Waals surface area contributed by atoms with E-state index in [4.69, 9.17) is 0 Å². The van der Waals surface area contributed by atoms with Crippen LogP contribution < -0.4 is 0 Å². The molecule has 128 valence electrons. The number of carbonyl (C=O) groups is 1. The lowest BCUT2D eigenvalue weighted by molar-refractivity contribution is 0.0696. The fraction of sp³-hybridized carbons (Fsp3) is 0.450. The van der Waals surface area contributed by atoms with E-state index in [9.17, 15) is 9.90 Å². The Hall–Kier alpha value is -1.65. The molecule has 0 atom stereocenters. The average Bonchev–Trinajstić information content (AvgIpc) is 2.84. The summed E-state index contributed by atoms with van der Waals surface area (Å²) in [6, 6.07) is 8.33. The van der Waals surface area contributed by atoms with Crippen molar-refractivity contribution in [1.82, 2.24) is 4.90 Å². The van der Waals surface area contributed by atoms with Gasteiger partial charge in [-0.25, -0.2) is 4.79 Å². The number of hydrogen-bond acceptors (Lipinski definition) is 3. The minimum absolute atomic E-state index is 0.186. The Morgan fingerprint density at radius 1 is 1.25 bits per heavy atom. The maximum absolute atomic E-state index is 12.0. The van der Waals surface area contributed by atoms with Crippen LogP contribution in [0, 0.1) is 5.41 Å². The Morgan fingerprint density at radius 3 is 2.50 bits per heavy atom. The van der Waals surface area contributed by atoms with Gasteiger partial charge in [0.2, 0.25) is 0 Å². The number of benzene rings is 1. The maximum atomic E-state index is 12.0. The van der Waals surface area contributed by atoms with Crippen LogP contribution >= 0.6 is 11.3 Å². The van der Waals surface area contributed by atoms with Crippen molar-refractivity contribution in [1.29, 1.82) is 0 Å². The predicted octanol–water partition coefficient (Wildman–Crippen LogP) is 4.69. The van der Waals surface area contributed by atoms with Gasteiger partial charge in [0.15, 0.2) is 0 Å². The van der Waals surface area contributed by atoms with Gasteiger partial charge in [0.25, 0.3) is 0 Å². The van der Waals surface area contributed by atoms with E-state index in [1.54, 1.807) is 11.3 Å². The minimum Gasteiger partial charge on any atom is -0.478 e. The van der Waals surface area contributed by atoms with Gasteiger partial charge in [0.05, 0.1) is 5.56 Å². The van der Waals surface area contributed by atoms with Crippen LogP contribution in [0.15, 0.2) is 24.3 Å². The summed E-state index contributed by atoms with van der Waals surface area (Å²) in [6.45, 7) is 5.35. The van der Waals surface area contributed by atoms with E-state index in [-0.39, 0.29) is 5.41 Å². The van der Waals surface area contributed by atoms with Gasteiger partial charge in [0, 0.05) is 16.3 Å². The second kappa shape index (κ2) is 6.34. The molecule has 0 fully saturated rings. The summed E-state index contributed by atoms with van der Waals surface area (Å²) in [5, 5.41) is 9.82. The van der Waals surface area contributed by atoms with Crippen LogP contribution in [-0.4, -0.2) is 30.1 Å². The molecule has 0 saturated heterocycles. The molecule has 1 N–H and O–H groups in total. The van der Waals surface area contributed by atoms with Crippen molar-refractivity contribution in [3.05, 3.63) is 45.8 Å². The van der Waals surface area contributed by atoms with Crippen molar-refractivity contribution in [2.75, 3.05) is 14.1 Å². The number of aryl methyl sites for hydroxylation is 1. The standard InChI is InChI=1S/C20H25NO2S/c1-20(2)10-9-16-15(11-20)17(19(22)23)18(24-16)14-7-5-13(6-8-14)12-21(3)4/h5-8H,9-12H2,1-4H3,(H,22,23). The zero-order chi connectivity index (χ0) is 17.5. The monoisotopic (exact) mass is 343 g/mol. The summed E-state index contributed by atoms with van der Waals surface area (Å²) in [7, 11) is 4.09. The number of hydrogen-bond donors (Lipinski definition) is 1. The quantitative estimate of drug-likeness (QED) is 0.875. The first-order valence-electron chi connectivity index (χ1n) is 8.39. The maximum Gasteiger partial charge on any atom is 0.337 e. The second-order valence-electron chi connectivity index (χ2n) is 7.79. The number of carboxylic acids is 1. The Kier molecular flexibility index (Phi) is 4.54. The van der Waals surface area contributed by atoms with Crippen LogP contribution in [0.25, 0.3) is 10.4 Å². The molecule has 4 heteroatoms. The van der Waals surface area contributed by atoms with Crippen molar-refractivity contribution in [2.24, 2.45) is 5.41 Å². The topological polar surface area (TPSA) is 40.5 Å². The molecule has 0 saturated carbocycles. The van der Waals surface area contributed by atoms with Crippen molar-refractivity contribution in [3.63, 3.8) is 0 Å². The van der Waals surface area contributed by atoms with Crippen LogP contribution in [0.3, 0.4) is 0 Å². The molecule has 1 heterocycles. The molecule has 1 aromatic carbocycles. The Bertz CT molecular complexity index is 757. The fourth-order valence-electron chi connectivity index (χ4n) is 3.48. The van der Waals surface area contributed by atoms with Crippen molar-refractivity contribution in [2.45, 2.75) is 39.7 Å². The third-order valence-electron chi connectivity index (χ3n) is 4.70. The van der Waals surface area contributed by atoms with E-state index in [2.05, 4.69) is 43.0 Å². The molecule has 3 nitrogen and oxygen atoms in total. The highest BCUT2D eigenvalue weighted by Crippen LogP contribution is 2.45. The summed E-state index contributed by atoms with van der Waals surface area (Å²) < 4.78 is 0. The third kappa shape index (κ3) is 3.40. The van der Waals surface area contributed by atoms with E-state index < -0.39 is 5.97 Å². The highest BCUT2D eigenvalue weighted by atomic mass is 32.1. The van der Waals surface area contributed by atoms with Crippen LogP contribution in [0.2, 0.25) is 0 Å². The van der Waals surface area contributed by atoms with E-state index in [0.717, 1.165) is 41.8 Å². The lowest BCUT2D eigenvalue weighted by atomic mass is 9.76. The first-order chi connectivity index (χ1) is 11.3. The molecule has 3 rings (SSSR count). The van der Waals surface area contributed by atoms with Gasteiger partial charge < -0.3 is 10.0 Å². The SMILES string of the molecule is CN(C)Cc1ccc(-c2sc3c(c2C(=O)O)CC(C)(C)CC3)cc1. The molecule has 1 aliphatic carbocycles. The van der Waals surface area contributed by atoms with Crippen molar-refractivity contribution < 1.29 is 9.90 Å². The number of thiophene rings is 1. The third-order valence-corrected chi connectivity index (χ3v) is 6.04. The van der Waals surface area contributed by atoms with Crippen molar-refractivity contribution >= 4 is 17.3 Å². The van der Waals surface area contributed by atoms with Gasteiger partial charge >= 0.3 is 5.97 Å². The molecule has 0 amide bonds. The summed E-state index contributed by atoms with van der Waals surface area (Å²) in [4.78, 5) is 16.3. The largest absolute Gasteiger partial charge is 0.478 e. The summed E-state index contributed by atoms with van der Waals surface area (Å²) in [5.41, 5.74) is 4.04. The second-order valence-corrected chi connectivity index (χ2v) is 8.89. The van der Waals surface area contributed by atoms with Gasteiger partial charge in [-0.2, -0.15) is 0 Å². The van der Waals surface area contributed by atoms with Gasteiger partial charge in [0.1, 0.15) is 0 Å². The molecular weight excluding hydrogens is 318 g/mol. The number of nitrogens with zero attached hydrogens (tertiary/aromatic N) is 1. The fourth-order valence-corrected chi connectivity index (χ4v) is 4.79. The van der Waals surface area contributed by atoms with E-state index in [0.29, 0.717) is 5.56 Å². The molecular formula is C20H25NO2S. The number of fused-ring (bicyclic) bond motifs is 1. The van der Waals surface area contributed by atoms with E-state index >= 15 is 0 Å². The van der Waals surface area contributed by atoms with Gasteiger partial charge in [-0.15, -0.1) is 11.3 Å². The smallest absolute Gasteiger partial charge is 0.337 e. The first-order valence-corrected chi connectivity index (χ1v) is 9.20. The number of carboxylic acid groups (broad SMARTS) is 1. The molecule has 0 aliphatic heterocycles. The Morgan fingerprint density at radius 2 is 1.92 bits per heavy atom. The molecule has 1 aromatic heterocycles. The molecule has 0 bridgehead atoms. The van der Waals surface area contributed by atoms with Gasteiger partial charge in [-0.3, -0.25) is 0 Å². The van der Waals surface area contributed by atoms with Crippen LogP contribution in [0.1, 0.15) is 46.6 Å². The summed E-state index contributed by atoms with van der Waals surface area (Å²) in [6.07, 6.45) is 2.98. The summed E-state index contributed by atoms with van der Waals surface area (Å²) >= 11 is 1.67. The highest BCUT2D eigenvalue weighted by molar-refractivity contribution is 7.16. The normalized spacial score (nSPS) is 16.2.